The third kappa shape index (κ3) is 3.82. The maximum atomic E-state index is 11.9. The summed E-state index contributed by atoms with van der Waals surface area (Å²) >= 11 is 1.07. The quantitative estimate of drug-likeness (QED) is 0.881. The lowest BCUT2D eigenvalue weighted by Gasteiger charge is -2.16. The molecule has 21 heavy (non-hydrogen) atoms. The monoisotopic (exact) mass is 309 g/mol. The van der Waals surface area contributed by atoms with E-state index in [1.54, 1.807) is 32.6 Å². The van der Waals surface area contributed by atoms with Gasteiger partial charge in [-0.05, 0) is 13.0 Å². The molecule has 0 fully saturated rings. The summed E-state index contributed by atoms with van der Waals surface area (Å²) in [4.78, 5) is 28.7. The van der Waals surface area contributed by atoms with E-state index in [2.05, 4.69) is 10.3 Å². The molecule has 2 heterocycles. The Bertz CT molecular complexity index is 636. The van der Waals surface area contributed by atoms with Crippen LogP contribution in [0.5, 0.6) is 0 Å². The topological polar surface area (TPSA) is 95.7 Å². The van der Waals surface area contributed by atoms with Crippen LogP contribution in [-0.2, 0) is 13.1 Å². The zero-order chi connectivity index (χ0) is 15.4. The van der Waals surface area contributed by atoms with Gasteiger partial charge in [-0.2, -0.15) is 0 Å². The second-order valence-corrected chi connectivity index (χ2v) is 5.56. The van der Waals surface area contributed by atoms with Crippen LogP contribution in [0.3, 0.4) is 0 Å². The first-order valence-electron chi connectivity index (χ1n) is 6.17. The van der Waals surface area contributed by atoms with E-state index in [1.807, 2.05) is 0 Å². The second kappa shape index (κ2) is 6.40. The fraction of sp³-hybridized carbons (Fsp3) is 0.308. The Balaban J connectivity index is 1.88. The Morgan fingerprint density at radius 1 is 1.52 bits per heavy atom. The van der Waals surface area contributed by atoms with E-state index < -0.39 is 5.97 Å². The molecule has 0 saturated heterocycles. The van der Waals surface area contributed by atoms with E-state index in [1.165, 1.54) is 4.90 Å². The van der Waals surface area contributed by atoms with Gasteiger partial charge in [0.2, 0.25) is 0 Å². The predicted octanol–water partition coefficient (Wildman–Crippen LogP) is 2.08. The van der Waals surface area contributed by atoms with Crippen LogP contribution in [0.2, 0.25) is 0 Å². The smallest absolute Gasteiger partial charge is 0.347 e. The van der Waals surface area contributed by atoms with Gasteiger partial charge in [0.05, 0.1) is 31.3 Å². The molecular weight excluding hydrogens is 294 g/mol. The molecule has 0 aliphatic heterocycles. The van der Waals surface area contributed by atoms with E-state index in [9.17, 15) is 9.59 Å². The van der Waals surface area contributed by atoms with Gasteiger partial charge in [-0.25, -0.2) is 14.6 Å². The zero-order valence-corrected chi connectivity index (χ0v) is 12.4. The third-order valence-electron chi connectivity index (χ3n) is 2.77. The highest BCUT2D eigenvalue weighted by Gasteiger charge is 2.15. The number of aromatic carboxylic acids is 1. The van der Waals surface area contributed by atoms with Crippen LogP contribution in [0.4, 0.5) is 4.79 Å². The molecule has 0 atom stereocenters. The highest BCUT2D eigenvalue weighted by molar-refractivity contribution is 7.13. The van der Waals surface area contributed by atoms with Crippen LogP contribution in [0.15, 0.2) is 23.0 Å². The number of carbonyl (C=O) groups excluding carboxylic acids is 1. The molecule has 0 aromatic carbocycles. The lowest BCUT2D eigenvalue weighted by molar-refractivity contribution is 0.0701. The minimum Gasteiger partial charge on any atom is -0.477 e. The van der Waals surface area contributed by atoms with Crippen molar-refractivity contribution in [1.82, 2.24) is 15.2 Å². The lowest BCUT2D eigenvalue weighted by atomic mass is 10.3. The highest BCUT2D eigenvalue weighted by atomic mass is 32.1. The summed E-state index contributed by atoms with van der Waals surface area (Å²) in [6, 6.07) is 1.52. The molecule has 0 aliphatic rings. The van der Waals surface area contributed by atoms with Gasteiger partial charge >= 0.3 is 12.0 Å². The van der Waals surface area contributed by atoms with E-state index >= 15 is 0 Å². The molecule has 0 saturated carbocycles. The van der Waals surface area contributed by atoms with Crippen LogP contribution < -0.4 is 5.32 Å². The molecule has 2 aromatic heterocycles. The van der Waals surface area contributed by atoms with Gasteiger partial charge < -0.3 is 19.7 Å². The van der Waals surface area contributed by atoms with E-state index in [0.717, 1.165) is 16.9 Å². The molecule has 0 unspecified atom stereocenters. The van der Waals surface area contributed by atoms with Crippen molar-refractivity contribution in [3.63, 3.8) is 0 Å². The summed E-state index contributed by atoms with van der Waals surface area (Å²) in [5.74, 6) is -1.00. The Labute approximate surface area is 125 Å². The third-order valence-corrected chi connectivity index (χ3v) is 3.92. The molecule has 8 heteroatoms. The van der Waals surface area contributed by atoms with E-state index in [0.29, 0.717) is 17.2 Å². The number of amides is 2. The van der Waals surface area contributed by atoms with Crippen LogP contribution in [0.25, 0.3) is 0 Å². The van der Waals surface area contributed by atoms with Gasteiger partial charge in [0.25, 0.3) is 0 Å². The molecule has 0 aliphatic carbocycles. The molecule has 7 nitrogen and oxygen atoms in total. The van der Waals surface area contributed by atoms with E-state index in [4.69, 9.17) is 9.52 Å². The van der Waals surface area contributed by atoms with Crippen molar-refractivity contribution < 1.29 is 19.1 Å². The number of furan rings is 1. The SMILES string of the molecule is Cc1nc(CNC(=O)N(C)Cc2ccoc2)sc1C(=O)O. The standard InChI is InChI=1S/C13H15N3O4S/c1-8-11(12(17)18)21-10(15-8)5-14-13(19)16(2)6-9-3-4-20-7-9/h3-4,7H,5-6H2,1-2H3,(H,14,19)(H,17,18). The minimum atomic E-state index is -1.00. The Hall–Kier alpha value is -2.35. The fourth-order valence-corrected chi connectivity index (χ4v) is 2.58. The molecule has 2 amide bonds. The number of carbonyl (C=O) groups is 2. The first-order valence-corrected chi connectivity index (χ1v) is 6.98. The summed E-state index contributed by atoms with van der Waals surface area (Å²) in [5.41, 5.74) is 1.36. The Morgan fingerprint density at radius 3 is 2.86 bits per heavy atom. The van der Waals surface area contributed by atoms with Crippen LogP contribution >= 0.6 is 11.3 Å². The number of aryl methyl sites for hydroxylation is 1. The average molecular weight is 309 g/mol. The van der Waals surface area contributed by atoms with E-state index in [-0.39, 0.29) is 17.5 Å². The summed E-state index contributed by atoms with van der Waals surface area (Å²) in [6.07, 6.45) is 3.12. The number of aromatic nitrogens is 1. The van der Waals surface area contributed by atoms with Crippen molar-refractivity contribution in [3.05, 3.63) is 39.7 Å². The van der Waals surface area contributed by atoms with Gasteiger partial charge in [0, 0.05) is 12.6 Å². The fourth-order valence-electron chi connectivity index (χ4n) is 1.74. The van der Waals surface area contributed by atoms with Crippen molar-refractivity contribution in [1.29, 1.82) is 0 Å². The van der Waals surface area contributed by atoms with Gasteiger partial charge in [-0.3, -0.25) is 0 Å². The Kier molecular flexibility index (Phi) is 4.59. The average Bonchev–Trinajstić information content (AvgIpc) is 3.05. The largest absolute Gasteiger partial charge is 0.477 e. The normalized spacial score (nSPS) is 10.4. The molecule has 0 spiro atoms. The highest BCUT2D eigenvalue weighted by Crippen LogP contribution is 2.17. The maximum Gasteiger partial charge on any atom is 0.347 e. The van der Waals surface area contributed by atoms with Crippen molar-refractivity contribution in [2.75, 3.05) is 7.05 Å². The number of nitrogens with one attached hydrogen (secondary N) is 1. The number of hydrogen-bond acceptors (Lipinski definition) is 5. The second-order valence-electron chi connectivity index (χ2n) is 4.47. The van der Waals surface area contributed by atoms with Gasteiger partial charge in [0.15, 0.2) is 0 Å². The minimum absolute atomic E-state index is 0.200. The number of rotatable bonds is 5. The molecule has 2 aromatic rings. The molecule has 0 radical (unpaired) electrons. The van der Waals surface area contributed by atoms with Crippen LogP contribution in [0.1, 0.15) is 25.9 Å². The zero-order valence-electron chi connectivity index (χ0n) is 11.6. The van der Waals surface area contributed by atoms with Crippen molar-refractivity contribution in [2.45, 2.75) is 20.0 Å². The maximum absolute atomic E-state index is 11.9. The van der Waals surface area contributed by atoms with Crippen LogP contribution in [0, 0.1) is 6.92 Å². The van der Waals surface area contributed by atoms with Gasteiger partial charge in [0.1, 0.15) is 9.88 Å². The Morgan fingerprint density at radius 2 is 2.29 bits per heavy atom. The number of thiazole rings is 1. The number of carboxylic acid groups (broad SMARTS) is 1. The summed E-state index contributed by atoms with van der Waals surface area (Å²) in [7, 11) is 1.66. The van der Waals surface area contributed by atoms with Crippen molar-refractivity contribution >= 4 is 23.3 Å². The summed E-state index contributed by atoms with van der Waals surface area (Å²) < 4.78 is 4.94. The predicted molar refractivity (Wildman–Crippen MR) is 76.2 cm³/mol. The first-order chi connectivity index (χ1) is 9.97. The van der Waals surface area contributed by atoms with Crippen LogP contribution in [-0.4, -0.2) is 34.0 Å². The molecule has 2 N–H and O–H groups in total. The summed E-state index contributed by atoms with van der Waals surface area (Å²) in [6.45, 7) is 2.27. The van der Waals surface area contributed by atoms with Crippen molar-refractivity contribution in [3.8, 4) is 0 Å². The number of carboxylic acids is 1. The lowest BCUT2D eigenvalue weighted by Crippen LogP contribution is -2.36. The van der Waals surface area contributed by atoms with Gasteiger partial charge in [-0.15, -0.1) is 11.3 Å². The number of hydrogen-bond donors (Lipinski definition) is 2. The molecule has 0 bridgehead atoms. The summed E-state index contributed by atoms with van der Waals surface area (Å²) in [5, 5.41) is 12.2. The number of urea groups is 1. The molecular formula is C13H15N3O4S. The van der Waals surface area contributed by atoms with Crippen molar-refractivity contribution in [2.24, 2.45) is 0 Å². The number of nitrogens with zero attached hydrogens (tertiary/aromatic N) is 2. The first kappa shape index (κ1) is 15.0. The molecule has 2 rings (SSSR count). The molecule has 112 valence electrons. The van der Waals surface area contributed by atoms with Gasteiger partial charge in [-0.1, -0.05) is 0 Å².